The lowest BCUT2D eigenvalue weighted by molar-refractivity contribution is 0.0467. The number of para-hydroxylation sites is 1. The zero-order valence-corrected chi connectivity index (χ0v) is 12.1. The minimum atomic E-state index is -0.398. The van der Waals surface area contributed by atoms with E-state index >= 15 is 0 Å². The number of benzene rings is 1. The Kier molecular flexibility index (Phi) is 3.96. The van der Waals surface area contributed by atoms with Crippen molar-refractivity contribution in [2.45, 2.75) is 13.5 Å². The van der Waals surface area contributed by atoms with E-state index in [-0.39, 0.29) is 6.61 Å². The first-order valence-corrected chi connectivity index (χ1v) is 6.93. The van der Waals surface area contributed by atoms with E-state index in [1.165, 1.54) is 6.20 Å². The lowest BCUT2D eigenvalue weighted by Crippen LogP contribution is -2.08. The number of carbonyl (C=O) groups is 1. The minimum Gasteiger partial charge on any atom is -0.455 e. The van der Waals surface area contributed by atoms with Crippen LogP contribution in [0, 0.1) is 6.92 Å². The van der Waals surface area contributed by atoms with Gasteiger partial charge in [-0.05, 0) is 31.2 Å². The maximum Gasteiger partial charge on any atom is 0.342 e. The first-order valence-electron chi connectivity index (χ1n) is 6.93. The van der Waals surface area contributed by atoms with Crippen molar-refractivity contribution < 1.29 is 9.53 Å². The predicted octanol–water partition coefficient (Wildman–Crippen LogP) is 2.93. The van der Waals surface area contributed by atoms with E-state index in [1.54, 1.807) is 10.9 Å². The highest BCUT2D eigenvalue weighted by Gasteiger charge is 2.16. The molecule has 0 aliphatic heterocycles. The first-order chi connectivity index (χ1) is 10.8. The third-order valence-corrected chi connectivity index (χ3v) is 3.31. The molecule has 0 atom stereocenters. The molecule has 5 nitrogen and oxygen atoms in total. The van der Waals surface area contributed by atoms with E-state index in [9.17, 15) is 4.79 Å². The molecule has 0 aliphatic rings. The molecule has 0 radical (unpaired) electrons. The Bertz CT molecular complexity index is 767. The Labute approximate surface area is 128 Å². The number of carbonyl (C=O) groups excluding carboxylic acids is 1. The summed E-state index contributed by atoms with van der Waals surface area (Å²) in [5.74, 6) is -0.398. The van der Waals surface area contributed by atoms with Crippen LogP contribution in [0.15, 0.2) is 60.9 Å². The summed E-state index contributed by atoms with van der Waals surface area (Å²) in [6, 6.07) is 15.1. The fourth-order valence-corrected chi connectivity index (χ4v) is 2.14. The van der Waals surface area contributed by atoms with Crippen molar-refractivity contribution in [1.29, 1.82) is 0 Å². The van der Waals surface area contributed by atoms with Gasteiger partial charge in [-0.1, -0.05) is 24.3 Å². The summed E-state index contributed by atoms with van der Waals surface area (Å²) in [6.45, 7) is 1.99. The van der Waals surface area contributed by atoms with Crippen LogP contribution in [0.4, 0.5) is 0 Å². The number of esters is 1. The fraction of sp³-hybridized carbons (Fsp3) is 0.118. The summed E-state index contributed by atoms with van der Waals surface area (Å²) in [7, 11) is 0. The molecule has 0 aliphatic carbocycles. The van der Waals surface area contributed by atoms with Crippen LogP contribution in [-0.4, -0.2) is 20.7 Å². The van der Waals surface area contributed by atoms with E-state index in [4.69, 9.17) is 4.74 Å². The van der Waals surface area contributed by atoms with Gasteiger partial charge in [-0.2, -0.15) is 5.10 Å². The number of aromatic nitrogens is 3. The summed E-state index contributed by atoms with van der Waals surface area (Å²) in [5.41, 5.74) is 2.82. The van der Waals surface area contributed by atoms with Crippen LogP contribution in [0.3, 0.4) is 0 Å². The Morgan fingerprint density at radius 2 is 1.91 bits per heavy atom. The standard InChI is InChI=1S/C17H15N3O2/c1-13-16(11-19-20(13)15-8-3-2-4-9-15)17(21)22-12-14-7-5-6-10-18-14/h2-11H,12H2,1H3. The molecule has 0 spiro atoms. The molecule has 0 fully saturated rings. The summed E-state index contributed by atoms with van der Waals surface area (Å²) < 4.78 is 7.01. The quantitative estimate of drug-likeness (QED) is 0.694. The van der Waals surface area contributed by atoms with Gasteiger partial charge in [-0.3, -0.25) is 4.98 Å². The average Bonchev–Trinajstić information content (AvgIpc) is 2.96. The molecule has 0 saturated heterocycles. The van der Waals surface area contributed by atoms with Gasteiger partial charge in [0, 0.05) is 6.20 Å². The smallest absolute Gasteiger partial charge is 0.342 e. The Balaban J connectivity index is 1.75. The van der Waals surface area contributed by atoms with Crippen molar-refractivity contribution >= 4 is 5.97 Å². The topological polar surface area (TPSA) is 57.0 Å². The highest BCUT2D eigenvalue weighted by molar-refractivity contribution is 5.90. The van der Waals surface area contributed by atoms with E-state index in [0.717, 1.165) is 11.4 Å². The van der Waals surface area contributed by atoms with E-state index in [2.05, 4.69) is 10.1 Å². The highest BCUT2D eigenvalue weighted by atomic mass is 16.5. The fourth-order valence-electron chi connectivity index (χ4n) is 2.14. The third-order valence-electron chi connectivity index (χ3n) is 3.31. The second kappa shape index (κ2) is 6.22. The van der Waals surface area contributed by atoms with Gasteiger partial charge in [-0.15, -0.1) is 0 Å². The Hall–Kier alpha value is -2.95. The van der Waals surface area contributed by atoms with Gasteiger partial charge in [0.25, 0.3) is 0 Å². The van der Waals surface area contributed by atoms with Crippen molar-refractivity contribution in [3.05, 3.63) is 77.9 Å². The van der Waals surface area contributed by atoms with Gasteiger partial charge >= 0.3 is 5.97 Å². The van der Waals surface area contributed by atoms with Crippen LogP contribution in [0.2, 0.25) is 0 Å². The molecule has 5 heteroatoms. The van der Waals surface area contributed by atoms with Crippen LogP contribution >= 0.6 is 0 Å². The molecule has 0 N–H and O–H groups in total. The molecule has 22 heavy (non-hydrogen) atoms. The number of hydrogen-bond donors (Lipinski definition) is 0. The van der Waals surface area contributed by atoms with Crippen LogP contribution in [0.25, 0.3) is 5.69 Å². The van der Waals surface area contributed by atoms with Crippen molar-refractivity contribution in [2.75, 3.05) is 0 Å². The number of pyridine rings is 1. The number of ether oxygens (including phenoxy) is 1. The van der Waals surface area contributed by atoms with Gasteiger partial charge in [0.1, 0.15) is 12.2 Å². The summed E-state index contributed by atoms with van der Waals surface area (Å²) in [5, 5.41) is 4.26. The molecule has 3 rings (SSSR count). The van der Waals surface area contributed by atoms with Crippen LogP contribution < -0.4 is 0 Å². The SMILES string of the molecule is Cc1c(C(=O)OCc2ccccn2)cnn1-c1ccccc1. The Morgan fingerprint density at radius 3 is 2.64 bits per heavy atom. The number of hydrogen-bond acceptors (Lipinski definition) is 4. The van der Waals surface area contributed by atoms with E-state index < -0.39 is 5.97 Å². The second-order valence-electron chi connectivity index (χ2n) is 4.79. The maximum absolute atomic E-state index is 12.2. The van der Waals surface area contributed by atoms with Gasteiger partial charge in [-0.25, -0.2) is 9.48 Å². The van der Waals surface area contributed by atoms with Crippen molar-refractivity contribution in [3.8, 4) is 5.69 Å². The highest BCUT2D eigenvalue weighted by Crippen LogP contribution is 2.15. The third kappa shape index (κ3) is 2.88. The first kappa shape index (κ1) is 14.0. The molecule has 0 unspecified atom stereocenters. The van der Waals surface area contributed by atoms with Gasteiger partial charge < -0.3 is 4.74 Å². The predicted molar refractivity (Wildman–Crippen MR) is 81.7 cm³/mol. The van der Waals surface area contributed by atoms with Gasteiger partial charge in [0.2, 0.25) is 0 Å². The maximum atomic E-state index is 12.2. The van der Waals surface area contributed by atoms with Gasteiger partial charge in [0.05, 0.1) is 23.3 Å². The molecule has 110 valence electrons. The summed E-state index contributed by atoms with van der Waals surface area (Å²) in [6.07, 6.45) is 3.20. The molecular weight excluding hydrogens is 278 g/mol. The molecule has 0 saturated carbocycles. The monoisotopic (exact) mass is 293 g/mol. The van der Waals surface area contributed by atoms with Crippen LogP contribution in [0.1, 0.15) is 21.7 Å². The molecule has 3 aromatic rings. The molecule has 2 aromatic heterocycles. The van der Waals surface area contributed by atoms with Crippen LogP contribution in [0.5, 0.6) is 0 Å². The van der Waals surface area contributed by atoms with Crippen molar-refractivity contribution in [2.24, 2.45) is 0 Å². The van der Waals surface area contributed by atoms with E-state index in [0.29, 0.717) is 11.3 Å². The zero-order valence-electron chi connectivity index (χ0n) is 12.1. The summed E-state index contributed by atoms with van der Waals surface area (Å²) >= 11 is 0. The molecular formula is C17H15N3O2. The lowest BCUT2D eigenvalue weighted by atomic mass is 10.2. The number of nitrogens with zero attached hydrogens (tertiary/aromatic N) is 3. The second-order valence-corrected chi connectivity index (χ2v) is 4.79. The Morgan fingerprint density at radius 1 is 1.14 bits per heavy atom. The molecule has 2 heterocycles. The average molecular weight is 293 g/mol. The normalized spacial score (nSPS) is 10.4. The van der Waals surface area contributed by atoms with Crippen molar-refractivity contribution in [3.63, 3.8) is 0 Å². The number of rotatable bonds is 4. The van der Waals surface area contributed by atoms with E-state index in [1.807, 2.05) is 55.5 Å². The lowest BCUT2D eigenvalue weighted by Gasteiger charge is -2.06. The van der Waals surface area contributed by atoms with Gasteiger partial charge in [0.15, 0.2) is 0 Å². The van der Waals surface area contributed by atoms with Crippen LogP contribution in [-0.2, 0) is 11.3 Å². The largest absolute Gasteiger partial charge is 0.455 e. The summed E-state index contributed by atoms with van der Waals surface area (Å²) in [4.78, 5) is 16.3. The molecule has 1 aromatic carbocycles. The zero-order chi connectivity index (χ0) is 15.4. The minimum absolute atomic E-state index is 0.148. The molecule has 0 amide bonds. The van der Waals surface area contributed by atoms with Crippen molar-refractivity contribution in [1.82, 2.24) is 14.8 Å². The molecule has 0 bridgehead atoms.